The SMILES string of the molecule is CC(C)=O.CC(C)CNCC(C)C.Cl. The van der Waals surface area contributed by atoms with Crippen LogP contribution in [-0.2, 0) is 4.79 Å². The summed E-state index contributed by atoms with van der Waals surface area (Å²) in [5.74, 6) is 1.73. The molecule has 0 heterocycles. The lowest BCUT2D eigenvalue weighted by molar-refractivity contribution is -0.114. The maximum Gasteiger partial charge on any atom is 0.126 e. The van der Waals surface area contributed by atoms with Crippen molar-refractivity contribution in [1.29, 1.82) is 0 Å². The highest BCUT2D eigenvalue weighted by atomic mass is 35.5. The van der Waals surface area contributed by atoms with Crippen molar-refractivity contribution >= 4 is 18.2 Å². The predicted octanol–water partition coefficient (Wildman–Crippen LogP) is 2.91. The zero-order valence-electron chi connectivity index (χ0n) is 10.4. The summed E-state index contributed by atoms with van der Waals surface area (Å²) in [7, 11) is 0. The molecule has 0 rings (SSSR count). The zero-order chi connectivity index (χ0) is 10.9. The molecule has 0 spiro atoms. The van der Waals surface area contributed by atoms with Crippen molar-refractivity contribution in [2.75, 3.05) is 13.1 Å². The second kappa shape index (κ2) is 12.9. The Bertz CT molecular complexity index is 112. The third-order valence-electron chi connectivity index (χ3n) is 1.11. The van der Waals surface area contributed by atoms with Crippen LogP contribution in [0.5, 0.6) is 0 Å². The van der Waals surface area contributed by atoms with Crippen LogP contribution in [-0.4, -0.2) is 18.9 Å². The Morgan fingerprint density at radius 1 is 1.00 bits per heavy atom. The van der Waals surface area contributed by atoms with Crippen LogP contribution in [0.15, 0.2) is 0 Å². The smallest absolute Gasteiger partial charge is 0.126 e. The van der Waals surface area contributed by atoms with E-state index < -0.39 is 0 Å². The molecule has 0 amide bonds. The van der Waals surface area contributed by atoms with Crippen LogP contribution in [0.2, 0.25) is 0 Å². The molecule has 0 aliphatic rings. The molecule has 2 nitrogen and oxygen atoms in total. The van der Waals surface area contributed by atoms with Crippen LogP contribution in [0.1, 0.15) is 41.5 Å². The van der Waals surface area contributed by atoms with Gasteiger partial charge in [0.05, 0.1) is 0 Å². The molecule has 0 fully saturated rings. The van der Waals surface area contributed by atoms with Crippen molar-refractivity contribution in [2.24, 2.45) is 11.8 Å². The van der Waals surface area contributed by atoms with Gasteiger partial charge < -0.3 is 10.1 Å². The molecule has 0 aromatic carbocycles. The molecule has 0 bridgehead atoms. The molecule has 0 saturated heterocycles. The Labute approximate surface area is 95.3 Å². The first kappa shape index (κ1) is 19.5. The lowest BCUT2D eigenvalue weighted by Gasteiger charge is -2.08. The Morgan fingerprint density at radius 3 is 1.36 bits per heavy atom. The molecule has 88 valence electrons. The monoisotopic (exact) mass is 223 g/mol. The number of hydrogen-bond donors (Lipinski definition) is 1. The molecule has 3 heteroatoms. The molecule has 14 heavy (non-hydrogen) atoms. The molecule has 0 saturated carbocycles. The zero-order valence-corrected chi connectivity index (χ0v) is 11.2. The number of hydrogen-bond acceptors (Lipinski definition) is 2. The fraction of sp³-hybridized carbons (Fsp3) is 0.909. The van der Waals surface area contributed by atoms with E-state index in [1.165, 1.54) is 13.8 Å². The number of halogens is 1. The molecule has 0 aliphatic carbocycles. The number of nitrogens with one attached hydrogen (secondary N) is 1. The Kier molecular flexibility index (Phi) is 18.0. The van der Waals surface area contributed by atoms with Gasteiger partial charge in [-0.25, -0.2) is 0 Å². The standard InChI is InChI=1S/C8H19N.C3H6O.ClH/c1-7(2)5-9-6-8(3)4;1-3(2)4;/h7-9H,5-6H2,1-4H3;1-2H3;1H. The van der Waals surface area contributed by atoms with E-state index in [0.717, 1.165) is 24.9 Å². The first-order valence-electron chi connectivity index (χ1n) is 5.04. The minimum atomic E-state index is 0. The van der Waals surface area contributed by atoms with Crippen LogP contribution < -0.4 is 5.32 Å². The van der Waals surface area contributed by atoms with E-state index >= 15 is 0 Å². The van der Waals surface area contributed by atoms with E-state index in [-0.39, 0.29) is 18.2 Å². The van der Waals surface area contributed by atoms with Gasteiger partial charge in [0.1, 0.15) is 5.78 Å². The van der Waals surface area contributed by atoms with Gasteiger partial charge in [0, 0.05) is 0 Å². The van der Waals surface area contributed by atoms with E-state index in [0.29, 0.717) is 0 Å². The second-order valence-electron chi connectivity index (χ2n) is 4.35. The van der Waals surface area contributed by atoms with E-state index in [1.807, 2.05) is 0 Å². The van der Waals surface area contributed by atoms with Gasteiger partial charge in [0.25, 0.3) is 0 Å². The third kappa shape index (κ3) is 40.6. The Balaban J connectivity index is -0.000000209. The third-order valence-corrected chi connectivity index (χ3v) is 1.11. The molecule has 1 N–H and O–H groups in total. The Morgan fingerprint density at radius 2 is 1.21 bits per heavy atom. The van der Waals surface area contributed by atoms with Crippen molar-refractivity contribution in [3.8, 4) is 0 Å². The predicted molar refractivity (Wildman–Crippen MR) is 66.1 cm³/mol. The first-order chi connectivity index (χ1) is 5.86. The molecule has 0 unspecified atom stereocenters. The molecule has 0 aromatic heterocycles. The van der Waals surface area contributed by atoms with Crippen LogP contribution in [0.3, 0.4) is 0 Å². The van der Waals surface area contributed by atoms with Crippen LogP contribution in [0.4, 0.5) is 0 Å². The number of carbonyl (C=O) groups is 1. The number of rotatable bonds is 4. The Hall–Kier alpha value is -0.0800. The van der Waals surface area contributed by atoms with E-state index in [2.05, 4.69) is 33.0 Å². The summed E-state index contributed by atoms with van der Waals surface area (Å²) in [5, 5.41) is 3.38. The van der Waals surface area contributed by atoms with E-state index in [9.17, 15) is 4.79 Å². The normalized spacial score (nSPS) is 9.14. The number of carbonyl (C=O) groups excluding carboxylic acids is 1. The summed E-state index contributed by atoms with van der Waals surface area (Å²) >= 11 is 0. The van der Waals surface area contributed by atoms with E-state index in [1.54, 1.807) is 0 Å². The summed E-state index contributed by atoms with van der Waals surface area (Å²) in [5.41, 5.74) is 0. The minimum Gasteiger partial charge on any atom is -0.316 e. The summed E-state index contributed by atoms with van der Waals surface area (Å²) in [6, 6.07) is 0. The van der Waals surface area contributed by atoms with Crippen LogP contribution in [0.25, 0.3) is 0 Å². The second-order valence-corrected chi connectivity index (χ2v) is 4.35. The molecule has 0 aliphatic heterocycles. The van der Waals surface area contributed by atoms with Gasteiger partial charge in [0.15, 0.2) is 0 Å². The van der Waals surface area contributed by atoms with Gasteiger partial charge in [-0.05, 0) is 38.8 Å². The molecular formula is C11H26ClNO. The lowest BCUT2D eigenvalue weighted by atomic mass is 10.2. The highest BCUT2D eigenvalue weighted by Gasteiger charge is 1.94. The van der Waals surface area contributed by atoms with Crippen molar-refractivity contribution in [3.05, 3.63) is 0 Å². The average Bonchev–Trinajstić information content (AvgIpc) is 1.83. The fourth-order valence-electron chi connectivity index (χ4n) is 0.661. The van der Waals surface area contributed by atoms with Crippen molar-refractivity contribution < 1.29 is 4.79 Å². The van der Waals surface area contributed by atoms with Gasteiger partial charge in [-0.1, -0.05) is 27.7 Å². The number of ketones is 1. The summed E-state index contributed by atoms with van der Waals surface area (Å²) in [6.45, 7) is 14.3. The molecule has 0 radical (unpaired) electrons. The lowest BCUT2D eigenvalue weighted by Crippen LogP contribution is -2.23. The highest BCUT2D eigenvalue weighted by Crippen LogP contribution is 1.90. The van der Waals surface area contributed by atoms with Gasteiger partial charge in [-0.15, -0.1) is 12.4 Å². The van der Waals surface area contributed by atoms with Gasteiger partial charge >= 0.3 is 0 Å². The summed E-state index contributed by atoms with van der Waals surface area (Å²) in [4.78, 5) is 9.44. The minimum absolute atomic E-state index is 0. The number of Topliss-reactive ketones (excluding diaryl/α,β-unsaturated/α-hetero) is 1. The van der Waals surface area contributed by atoms with Crippen molar-refractivity contribution in [2.45, 2.75) is 41.5 Å². The fourth-order valence-corrected chi connectivity index (χ4v) is 0.661. The molecule has 0 atom stereocenters. The maximum atomic E-state index is 9.44. The van der Waals surface area contributed by atoms with Gasteiger partial charge in [-0.2, -0.15) is 0 Å². The summed E-state index contributed by atoms with van der Waals surface area (Å²) < 4.78 is 0. The van der Waals surface area contributed by atoms with Crippen LogP contribution in [0, 0.1) is 11.8 Å². The molecular weight excluding hydrogens is 198 g/mol. The van der Waals surface area contributed by atoms with E-state index in [4.69, 9.17) is 0 Å². The van der Waals surface area contributed by atoms with Crippen molar-refractivity contribution in [3.63, 3.8) is 0 Å². The molecule has 0 aromatic rings. The quantitative estimate of drug-likeness (QED) is 0.794. The van der Waals surface area contributed by atoms with Gasteiger partial charge in [0.2, 0.25) is 0 Å². The average molecular weight is 224 g/mol. The maximum absolute atomic E-state index is 9.44. The van der Waals surface area contributed by atoms with Crippen molar-refractivity contribution in [1.82, 2.24) is 5.32 Å². The topological polar surface area (TPSA) is 29.1 Å². The largest absolute Gasteiger partial charge is 0.316 e. The highest BCUT2D eigenvalue weighted by molar-refractivity contribution is 5.85. The first-order valence-corrected chi connectivity index (χ1v) is 5.04. The van der Waals surface area contributed by atoms with Crippen LogP contribution >= 0.6 is 12.4 Å². The van der Waals surface area contributed by atoms with Gasteiger partial charge in [-0.3, -0.25) is 0 Å². The summed E-state index contributed by atoms with van der Waals surface area (Å²) in [6.07, 6.45) is 0.